The molecule has 0 fully saturated rings. The fourth-order valence-corrected chi connectivity index (χ4v) is 1.11. The molecule has 1 aromatic carbocycles. The Kier molecular flexibility index (Phi) is 3.40. The lowest BCUT2D eigenvalue weighted by Crippen LogP contribution is -1.98. The van der Waals surface area contributed by atoms with E-state index in [-0.39, 0.29) is 11.4 Å². The monoisotopic (exact) mass is 194 g/mol. The van der Waals surface area contributed by atoms with Crippen LogP contribution in [0.25, 0.3) is 6.08 Å². The van der Waals surface area contributed by atoms with Crippen LogP contribution in [0.4, 0.5) is 4.39 Å². The van der Waals surface area contributed by atoms with E-state index in [1.54, 1.807) is 19.1 Å². The first kappa shape index (κ1) is 10.4. The van der Waals surface area contributed by atoms with Crippen LogP contribution >= 0.6 is 0 Å². The highest BCUT2D eigenvalue weighted by Crippen LogP contribution is 2.11. The number of carboxylic acid groups (broad SMARTS) is 1. The predicted octanol–water partition coefficient (Wildman–Crippen LogP) is 2.70. The van der Waals surface area contributed by atoms with Crippen LogP contribution in [0.3, 0.4) is 0 Å². The largest absolute Gasteiger partial charge is 0.478 e. The van der Waals surface area contributed by atoms with E-state index in [0.29, 0.717) is 12.0 Å². The summed E-state index contributed by atoms with van der Waals surface area (Å²) >= 11 is 0. The summed E-state index contributed by atoms with van der Waals surface area (Å²) in [6, 6.07) is 5.85. The van der Waals surface area contributed by atoms with E-state index in [4.69, 9.17) is 5.11 Å². The lowest BCUT2D eigenvalue weighted by Gasteiger charge is -1.98. The van der Waals surface area contributed by atoms with E-state index < -0.39 is 5.97 Å². The maximum absolute atomic E-state index is 12.7. The standard InChI is InChI=1S/C11H11FO2/c1-2-9(11(13)14)6-8-4-3-5-10(12)7-8/h3-7H,2H2,1H3,(H,13,14)/b9-6+. The van der Waals surface area contributed by atoms with Gasteiger partial charge in [-0.25, -0.2) is 9.18 Å². The average Bonchev–Trinajstić information content (AvgIpc) is 2.14. The zero-order valence-corrected chi connectivity index (χ0v) is 7.83. The number of halogens is 1. The van der Waals surface area contributed by atoms with Gasteiger partial charge in [-0.3, -0.25) is 0 Å². The van der Waals surface area contributed by atoms with Gasteiger partial charge in [-0.05, 0) is 30.2 Å². The molecule has 74 valence electrons. The molecule has 0 bridgehead atoms. The summed E-state index contributed by atoms with van der Waals surface area (Å²) < 4.78 is 12.7. The summed E-state index contributed by atoms with van der Waals surface area (Å²) in [6.07, 6.45) is 1.90. The summed E-state index contributed by atoms with van der Waals surface area (Å²) in [5.74, 6) is -1.32. The Labute approximate surface area is 81.7 Å². The molecule has 1 N–H and O–H groups in total. The van der Waals surface area contributed by atoms with Gasteiger partial charge in [0.2, 0.25) is 0 Å². The van der Waals surface area contributed by atoms with Crippen molar-refractivity contribution in [1.29, 1.82) is 0 Å². The first-order valence-corrected chi connectivity index (χ1v) is 4.33. The minimum absolute atomic E-state index is 0.274. The third kappa shape index (κ3) is 2.69. The molecule has 0 amide bonds. The van der Waals surface area contributed by atoms with Gasteiger partial charge in [0.05, 0.1) is 0 Å². The first-order chi connectivity index (χ1) is 6.63. The van der Waals surface area contributed by atoms with Gasteiger partial charge in [0.25, 0.3) is 0 Å². The molecule has 0 spiro atoms. The molecular weight excluding hydrogens is 183 g/mol. The SMILES string of the molecule is CC/C(=C\c1cccc(F)c1)C(=O)O. The van der Waals surface area contributed by atoms with Crippen molar-refractivity contribution in [1.82, 2.24) is 0 Å². The lowest BCUT2D eigenvalue weighted by atomic mass is 10.1. The molecule has 0 saturated carbocycles. The molecule has 0 aliphatic rings. The third-order valence-corrected chi connectivity index (χ3v) is 1.85. The van der Waals surface area contributed by atoms with Crippen molar-refractivity contribution in [3.63, 3.8) is 0 Å². The fourth-order valence-electron chi connectivity index (χ4n) is 1.11. The van der Waals surface area contributed by atoms with Crippen LogP contribution in [0.15, 0.2) is 29.8 Å². The van der Waals surface area contributed by atoms with Crippen LogP contribution in [0.1, 0.15) is 18.9 Å². The van der Waals surface area contributed by atoms with Crippen molar-refractivity contribution in [2.75, 3.05) is 0 Å². The van der Waals surface area contributed by atoms with Crippen molar-refractivity contribution >= 4 is 12.0 Å². The molecular formula is C11H11FO2. The van der Waals surface area contributed by atoms with E-state index in [9.17, 15) is 9.18 Å². The highest BCUT2D eigenvalue weighted by molar-refractivity contribution is 5.91. The molecule has 0 heterocycles. The van der Waals surface area contributed by atoms with Crippen LogP contribution < -0.4 is 0 Å². The van der Waals surface area contributed by atoms with Crippen LogP contribution in [-0.2, 0) is 4.79 Å². The number of benzene rings is 1. The average molecular weight is 194 g/mol. The number of carbonyl (C=O) groups is 1. The van der Waals surface area contributed by atoms with Gasteiger partial charge in [-0.1, -0.05) is 19.1 Å². The van der Waals surface area contributed by atoms with E-state index in [1.165, 1.54) is 18.2 Å². The number of hydrogen-bond donors (Lipinski definition) is 1. The Morgan fingerprint density at radius 1 is 1.57 bits per heavy atom. The lowest BCUT2D eigenvalue weighted by molar-refractivity contribution is -0.132. The second-order valence-corrected chi connectivity index (χ2v) is 2.88. The Balaban J connectivity index is 3.00. The maximum atomic E-state index is 12.7. The van der Waals surface area contributed by atoms with Gasteiger partial charge in [-0.2, -0.15) is 0 Å². The number of hydrogen-bond acceptors (Lipinski definition) is 1. The van der Waals surface area contributed by atoms with Crippen LogP contribution in [0.2, 0.25) is 0 Å². The van der Waals surface area contributed by atoms with Gasteiger partial charge in [-0.15, -0.1) is 0 Å². The van der Waals surface area contributed by atoms with Crippen molar-refractivity contribution in [3.8, 4) is 0 Å². The minimum atomic E-state index is -0.961. The molecule has 0 unspecified atom stereocenters. The zero-order valence-electron chi connectivity index (χ0n) is 7.83. The summed E-state index contributed by atoms with van der Waals surface area (Å²) in [6.45, 7) is 1.75. The van der Waals surface area contributed by atoms with Crippen molar-refractivity contribution in [3.05, 3.63) is 41.2 Å². The summed E-state index contributed by atoms with van der Waals surface area (Å²) in [5, 5.41) is 8.74. The molecule has 3 heteroatoms. The van der Waals surface area contributed by atoms with E-state index in [0.717, 1.165) is 0 Å². The van der Waals surface area contributed by atoms with Gasteiger partial charge in [0.15, 0.2) is 0 Å². The van der Waals surface area contributed by atoms with Crippen LogP contribution in [0, 0.1) is 5.82 Å². The molecule has 0 saturated heterocycles. The van der Waals surface area contributed by atoms with E-state index in [2.05, 4.69) is 0 Å². The van der Waals surface area contributed by atoms with Gasteiger partial charge < -0.3 is 5.11 Å². The third-order valence-electron chi connectivity index (χ3n) is 1.85. The minimum Gasteiger partial charge on any atom is -0.478 e. The Bertz CT molecular complexity index is 369. The van der Waals surface area contributed by atoms with Gasteiger partial charge >= 0.3 is 5.97 Å². The number of aliphatic carboxylic acids is 1. The topological polar surface area (TPSA) is 37.3 Å². The number of carboxylic acids is 1. The van der Waals surface area contributed by atoms with Gasteiger partial charge in [0.1, 0.15) is 5.82 Å². The quantitative estimate of drug-likeness (QED) is 0.751. The normalized spacial score (nSPS) is 11.4. The fraction of sp³-hybridized carbons (Fsp3) is 0.182. The Hall–Kier alpha value is -1.64. The second-order valence-electron chi connectivity index (χ2n) is 2.88. The van der Waals surface area contributed by atoms with E-state index >= 15 is 0 Å². The van der Waals surface area contributed by atoms with Crippen molar-refractivity contribution < 1.29 is 14.3 Å². The maximum Gasteiger partial charge on any atom is 0.331 e. The number of rotatable bonds is 3. The molecule has 0 aliphatic carbocycles. The molecule has 0 radical (unpaired) electrons. The van der Waals surface area contributed by atoms with E-state index in [1.807, 2.05) is 0 Å². The molecule has 0 aromatic heterocycles. The smallest absolute Gasteiger partial charge is 0.331 e. The van der Waals surface area contributed by atoms with Crippen molar-refractivity contribution in [2.24, 2.45) is 0 Å². The summed E-state index contributed by atoms with van der Waals surface area (Å²) in [7, 11) is 0. The predicted molar refractivity (Wildman–Crippen MR) is 52.3 cm³/mol. The molecule has 0 aliphatic heterocycles. The highest BCUT2D eigenvalue weighted by atomic mass is 19.1. The summed E-state index contributed by atoms with van der Waals surface area (Å²) in [4.78, 5) is 10.7. The second kappa shape index (κ2) is 4.56. The van der Waals surface area contributed by atoms with Crippen LogP contribution in [0.5, 0.6) is 0 Å². The first-order valence-electron chi connectivity index (χ1n) is 4.33. The molecule has 1 rings (SSSR count). The van der Waals surface area contributed by atoms with Gasteiger partial charge in [0, 0.05) is 5.57 Å². The Morgan fingerprint density at radius 3 is 2.79 bits per heavy atom. The molecule has 14 heavy (non-hydrogen) atoms. The highest BCUT2D eigenvalue weighted by Gasteiger charge is 2.03. The molecule has 0 atom stereocenters. The molecule has 2 nitrogen and oxygen atoms in total. The zero-order chi connectivity index (χ0) is 10.6. The molecule has 1 aromatic rings. The summed E-state index contributed by atoms with van der Waals surface area (Å²) in [5.41, 5.74) is 0.847. The Morgan fingerprint density at radius 2 is 2.29 bits per heavy atom. The van der Waals surface area contributed by atoms with Crippen molar-refractivity contribution in [2.45, 2.75) is 13.3 Å². The van der Waals surface area contributed by atoms with Crippen LogP contribution in [-0.4, -0.2) is 11.1 Å².